The Morgan fingerprint density at radius 1 is 1.24 bits per heavy atom. The fourth-order valence-corrected chi connectivity index (χ4v) is 2.78. The van der Waals surface area contributed by atoms with Gasteiger partial charge in [-0.3, -0.25) is 19.6 Å². The quantitative estimate of drug-likeness (QED) is 0.451. The number of esters is 1. The third kappa shape index (κ3) is 5.63. The Bertz CT molecular complexity index is 926. The van der Waals surface area contributed by atoms with Crippen molar-refractivity contribution in [2.45, 2.75) is 59.7 Å². The van der Waals surface area contributed by atoms with E-state index in [-0.39, 0.29) is 11.6 Å². The first-order valence-corrected chi connectivity index (χ1v) is 9.19. The maximum atomic E-state index is 12.3. The van der Waals surface area contributed by atoms with Gasteiger partial charge in [0.05, 0.1) is 17.0 Å². The molecule has 1 amide bonds. The van der Waals surface area contributed by atoms with Crippen LogP contribution in [-0.2, 0) is 16.1 Å². The number of hydrogen-bond donors (Lipinski definition) is 1. The molecule has 0 saturated heterocycles. The van der Waals surface area contributed by atoms with Crippen molar-refractivity contribution in [2.75, 3.05) is 0 Å². The van der Waals surface area contributed by atoms with Crippen LogP contribution >= 0.6 is 0 Å². The van der Waals surface area contributed by atoms with E-state index in [9.17, 15) is 19.7 Å². The summed E-state index contributed by atoms with van der Waals surface area (Å²) in [5.74, 6) is -0.969. The maximum absolute atomic E-state index is 12.3. The highest BCUT2D eigenvalue weighted by atomic mass is 16.6. The van der Waals surface area contributed by atoms with Crippen LogP contribution in [0.15, 0.2) is 24.3 Å². The molecule has 0 aliphatic carbocycles. The zero-order chi connectivity index (χ0) is 21.9. The molecule has 2 rings (SSSR count). The van der Waals surface area contributed by atoms with Gasteiger partial charge in [-0.15, -0.1) is 0 Å². The monoisotopic (exact) mass is 402 g/mol. The number of benzene rings is 1. The average Bonchev–Trinajstić information content (AvgIpc) is 2.87. The number of nitrogens with one attached hydrogen (secondary N) is 1. The normalized spacial score (nSPS) is 12.3. The van der Waals surface area contributed by atoms with Gasteiger partial charge in [0.15, 0.2) is 6.10 Å². The van der Waals surface area contributed by atoms with Crippen molar-refractivity contribution in [1.82, 2.24) is 15.1 Å². The molecule has 1 aromatic carbocycles. The Balaban J connectivity index is 2.05. The Morgan fingerprint density at radius 2 is 1.83 bits per heavy atom. The molecule has 29 heavy (non-hydrogen) atoms. The minimum Gasteiger partial charge on any atom is -0.449 e. The number of aromatic nitrogens is 2. The molecule has 9 heteroatoms. The second kappa shape index (κ2) is 8.42. The predicted octanol–water partition coefficient (Wildman–Crippen LogP) is 2.92. The summed E-state index contributed by atoms with van der Waals surface area (Å²) in [7, 11) is 0. The third-order valence-corrected chi connectivity index (χ3v) is 4.20. The summed E-state index contributed by atoms with van der Waals surface area (Å²) in [4.78, 5) is 35.0. The molecule has 0 bridgehead atoms. The number of hydrogen-bond acceptors (Lipinski definition) is 6. The number of amides is 1. The molecule has 0 aliphatic rings. The van der Waals surface area contributed by atoms with Crippen molar-refractivity contribution in [3.05, 3.63) is 56.9 Å². The van der Waals surface area contributed by atoms with Crippen molar-refractivity contribution in [3.63, 3.8) is 0 Å². The van der Waals surface area contributed by atoms with E-state index in [1.807, 2.05) is 20.8 Å². The number of nitro groups is 1. The van der Waals surface area contributed by atoms with Crippen LogP contribution in [0.1, 0.15) is 55.0 Å². The zero-order valence-electron chi connectivity index (χ0n) is 17.5. The molecule has 0 unspecified atom stereocenters. The topological polar surface area (TPSA) is 116 Å². The summed E-state index contributed by atoms with van der Waals surface area (Å²) >= 11 is 0. The highest BCUT2D eigenvalue weighted by molar-refractivity contribution is 5.92. The van der Waals surface area contributed by atoms with Crippen molar-refractivity contribution in [1.29, 1.82) is 0 Å². The number of nitrogens with zero attached hydrogens (tertiary/aromatic N) is 3. The first-order valence-electron chi connectivity index (χ1n) is 9.19. The standard InChI is InChI=1S/C20H26N4O5/c1-12-17(24(27)28)13(2)23(22-12)11-15-7-9-16(10-8-15)19(26)29-14(3)18(25)21-20(4,5)6/h7-10,14H,11H2,1-6H3,(H,21,25)/t14-/m0/s1. The second-order valence-electron chi connectivity index (χ2n) is 7.92. The van der Waals surface area contributed by atoms with Crippen molar-refractivity contribution < 1.29 is 19.2 Å². The Kier molecular flexibility index (Phi) is 6.41. The van der Waals surface area contributed by atoms with Gasteiger partial charge >= 0.3 is 11.7 Å². The molecule has 9 nitrogen and oxygen atoms in total. The van der Waals surface area contributed by atoms with Crippen LogP contribution in [0.5, 0.6) is 0 Å². The third-order valence-electron chi connectivity index (χ3n) is 4.20. The van der Waals surface area contributed by atoms with Gasteiger partial charge in [-0.05, 0) is 59.2 Å². The molecule has 0 spiro atoms. The van der Waals surface area contributed by atoms with Crippen LogP contribution in [0.2, 0.25) is 0 Å². The molecule has 0 saturated carbocycles. The first kappa shape index (κ1) is 22.1. The van der Waals surface area contributed by atoms with E-state index in [4.69, 9.17) is 4.74 Å². The van der Waals surface area contributed by atoms with Gasteiger partial charge in [-0.25, -0.2) is 4.79 Å². The van der Waals surface area contributed by atoms with Crippen molar-refractivity contribution in [3.8, 4) is 0 Å². The minimum absolute atomic E-state index is 0.00715. The lowest BCUT2D eigenvalue weighted by Crippen LogP contribution is -2.46. The van der Waals surface area contributed by atoms with Gasteiger partial charge in [0.1, 0.15) is 11.4 Å². The lowest BCUT2D eigenvalue weighted by atomic mass is 10.1. The average molecular weight is 402 g/mol. The molecule has 1 heterocycles. The fraction of sp³-hybridized carbons (Fsp3) is 0.450. The van der Waals surface area contributed by atoms with Crippen LogP contribution < -0.4 is 5.32 Å². The van der Waals surface area contributed by atoms with Gasteiger partial charge in [0.25, 0.3) is 5.91 Å². The van der Waals surface area contributed by atoms with E-state index in [0.29, 0.717) is 23.5 Å². The highest BCUT2D eigenvalue weighted by Gasteiger charge is 2.23. The number of aryl methyl sites for hydroxylation is 1. The molecule has 1 N–H and O–H groups in total. The zero-order valence-corrected chi connectivity index (χ0v) is 17.5. The molecule has 2 aromatic rings. The van der Waals surface area contributed by atoms with Crippen LogP contribution in [0.4, 0.5) is 5.69 Å². The Labute approximate surface area is 169 Å². The van der Waals surface area contributed by atoms with Gasteiger partial charge in [0, 0.05) is 5.54 Å². The number of ether oxygens (including phenoxy) is 1. The van der Waals surface area contributed by atoms with Gasteiger partial charge < -0.3 is 10.1 Å². The molecule has 0 fully saturated rings. The van der Waals surface area contributed by atoms with Crippen LogP contribution in [-0.4, -0.2) is 38.2 Å². The minimum atomic E-state index is -0.920. The van der Waals surface area contributed by atoms with Gasteiger partial charge in [0.2, 0.25) is 0 Å². The van der Waals surface area contributed by atoms with Crippen LogP contribution in [0.25, 0.3) is 0 Å². The van der Waals surface area contributed by atoms with Gasteiger partial charge in [-0.1, -0.05) is 12.1 Å². The first-order chi connectivity index (χ1) is 13.4. The number of carbonyl (C=O) groups excluding carboxylic acids is 2. The summed E-state index contributed by atoms with van der Waals surface area (Å²) in [5, 5.41) is 18.1. The largest absolute Gasteiger partial charge is 0.449 e. The molecule has 156 valence electrons. The molecule has 1 atom stereocenters. The van der Waals surface area contributed by atoms with Crippen LogP contribution in [0, 0.1) is 24.0 Å². The van der Waals surface area contributed by atoms with E-state index in [1.165, 1.54) is 6.92 Å². The molecular weight excluding hydrogens is 376 g/mol. The van der Waals surface area contributed by atoms with Crippen LogP contribution in [0.3, 0.4) is 0 Å². The van der Waals surface area contributed by atoms with Crippen molar-refractivity contribution in [2.24, 2.45) is 0 Å². The van der Waals surface area contributed by atoms with E-state index in [0.717, 1.165) is 5.56 Å². The lowest BCUT2D eigenvalue weighted by Gasteiger charge is -2.23. The van der Waals surface area contributed by atoms with Gasteiger partial charge in [-0.2, -0.15) is 5.10 Å². The molecule has 1 aromatic heterocycles. The predicted molar refractivity (Wildman–Crippen MR) is 107 cm³/mol. The van der Waals surface area contributed by atoms with Crippen molar-refractivity contribution >= 4 is 17.6 Å². The smallest absolute Gasteiger partial charge is 0.338 e. The van der Waals surface area contributed by atoms with E-state index >= 15 is 0 Å². The summed E-state index contributed by atoms with van der Waals surface area (Å²) in [6.07, 6.45) is -0.920. The van der Waals surface area contributed by atoms with E-state index in [1.54, 1.807) is 42.8 Å². The van der Waals surface area contributed by atoms with E-state index in [2.05, 4.69) is 10.4 Å². The summed E-state index contributed by atoms with van der Waals surface area (Å²) in [6.45, 7) is 10.6. The lowest BCUT2D eigenvalue weighted by molar-refractivity contribution is -0.386. The van der Waals surface area contributed by atoms with E-state index < -0.39 is 22.5 Å². The highest BCUT2D eigenvalue weighted by Crippen LogP contribution is 2.22. The SMILES string of the molecule is Cc1nn(Cc2ccc(C(=O)O[C@@H](C)C(=O)NC(C)(C)C)cc2)c(C)c1[N+](=O)[O-]. The summed E-state index contributed by atoms with van der Waals surface area (Å²) < 4.78 is 6.78. The number of carbonyl (C=O) groups is 2. The fourth-order valence-electron chi connectivity index (χ4n) is 2.78. The second-order valence-corrected chi connectivity index (χ2v) is 7.92. The Morgan fingerprint density at radius 3 is 2.31 bits per heavy atom. The summed E-state index contributed by atoms with van der Waals surface area (Å²) in [5.41, 5.74) is 1.54. The molecule has 0 aliphatic heterocycles. The Hall–Kier alpha value is -3.23. The molecule has 0 radical (unpaired) electrons. The molecular formula is C20H26N4O5. The number of rotatable bonds is 6. The maximum Gasteiger partial charge on any atom is 0.338 e. The summed E-state index contributed by atoms with van der Waals surface area (Å²) in [6, 6.07) is 6.62.